The van der Waals surface area contributed by atoms with E-state index in [1.54, 1.807) is 0 Å². The highest BCUT2D eigenvalue weighted by atomic mass is 16.5. The Morgan fingerprint density at radius 2 is 2.20 bits per heavy atom. The summed E-state index contributed by atoms with van der Waals surface area (Å²) >= 11 is 0. The maximum Gasteiger partial charge on any atom is 0.0645 e. The highest BCUT2D eigenvalue weighted by Crippen LogP contribution is 2.27. The van der Waals surface area contributed by atoms with Crippen LogP contribution in [-0.2, 0) is 4.74 Å². The summed E-state index contributed by atoms with van der Waals surface area (Å²) in [5, 5.41) is 3.55. The summed E-state index contributed by atoms with van der Waals surface area (Å²) in [6, 6.07) is 0. The largest absolute Gasteiger partial charge is 0.378 e. The van der Waals surface area contributed by atoms with Crippen LogP contribution in [0.1, 0.15) is 26.7 Å². The topological polar surface area (TPSA) is 24.5 Å². The van der Waals surface area contributed by atoms with Crippen LogP contribution in [0.25, 0.3) is 0 Å². The molecule has 3 heteroatoms. The van der Waals surface area contributed by atoms with Crippen molar-refractivity contribution >= 4 is 0 Å². The van der Waals surface area contributed by atoms with Crippen molar-refractivity contribution in [3.05, 3.63) is 0 Å². The van der Waals surface area contributed by atoms with Gasteiger partial charge < -0.3 is 10.1 Å². The molecule has 1 aliphatic carbocycles. The minimum Gasteiger partial charge on any atom is -0.378 e. The summed E-state index contributed by atoms with van der Waals surface area (Å²) in [6.07, 6.45) is 2.88. The number of hydrogen-bond donors (Lipinski definition) is 1. The first kappa shape index (κ1) is 11.4. The van der Waals surface area contributed by atoms with Crippen molar-refractivity contribution < 1.29 is 4.74 Å². The molecule has 0 atom stereocenters. The van der Waals surface area contributed by atoms with Crippen LogP contribution in [0.2, 0.25) is 0 Å². The van der Waals surface area contributed by atoms with E-state index in [1.807, 2.05) is 0 Å². The molecule has 0 aromatic rings. The molecule has 0 aromatic carbocycles. The van der Waals surface area contributed by atoms with Gasteiger partial charge in [-0.05, 0) is 39.2 Å². The minimum absolute atomic E-state index is 0.222. The number of ether oxygens (including phenoxy) is 1. The molecule has 0 aromatic heterocycles. The lowest BCUT2D eigenvalue weighted by atomic mass is 10.0. The molecule has 0 spiro atoms. The van der Waals surface area contributed by atoms with Crippen LogP contribution in [0.3, 0.4) is 0 Å². The van der Waals surface area contributed by atoms with Gasteiger partial charge in [-0.1, -0.05) is 0 Å². The Balaban J connectivity index is 1.63. The Hall–Kier alpha value is -0.120. The lowest BCUT2D eigenvalue weighted by Crippen LogP contribution is -2.54. The van der Waals surface area contributed by atoms with Gasteiger partial charge in [0.15, 0.2) is 0 Å². The smallest absolute Gasteiger partial charge is 0.0645 e. The van der Waals surface area contributed by atoms with Gasteiger partial charge in [0.1, 0.15) is 0 Å². The third-order valence-electron chi connectivity index (χ3n) is 3.51. The molecule has 3 nitrogen and oxygen atoms in total. The molecule has 1 heterocycles. The first-order valence-corrected chi connectivity index (χ1v) is 6.22. The predicted octanol–water partition coefficient (Wildman–Crippen LogP) is 1.10. The lowest BCUT2D eigenvalue weighted by molar-refractivity contribution is -0.0500. The van der Waals surface area contributed by atoms with Crippen LogP contribution in [0.5, 0.6) is 0 Å². The highest BCUT2D eigenvalue weighted by Gasteiger charge is 2.29. The van der Waals surface area contributed by atoms with E-state index in [0.717, 1.165) is 38.8 Å². The molecule has 0 amide bonds. The molecule has 0 bridgehead atoms. The van der Waals surface area contributed by atoms with Gasteiger partial charge >= 0.3 is 0 Å². The molecule has 1 saturated heterocycles. The summed E-state index contributed by atoms with van der Waals surface area (Å²) < 4.78 is 5.51. The average Bonchev–Trinajstić information content (AvgIpc) is 2.98. The quantitative estimate of drug-likeness (QED) is 0.691. The van der Waals surface area contributed by atoms with Gasteiger partial charge in [0.05, 0.1) is 13.2 Å². The average molecular weight is 212 g/mol. The second-order valence-corrected chi connectivity index (χ2v) is 5.50. The van der Waals surface area contributed by atoms with E-state index in [1.165, 1.54) is 19.4 Å². The number of nitrogens with zero attached hydrogens (tertiary/aromatic N) is 1. The van der Waals surface area contributed by atoms with Crippen molar-refractivity contribution in [1.29, 1.82) is 0 Å². The van der Waals surface area contributed by atoms with E-state index < -0.39 is 0 Å². The summed E-state index contributed by atoms with van der Waals surface area (Å²) in [4.78, 5) is 2.54. The molecule has 0 radical (unpaired) electrons. The van der Waals surface area contributed by atoms with Gasteiger partial charge in [0.2, 0.25) is 0 Å². The summed E-state index contributed by atoms with van der Waals surface area (Å²) in [5.74, 6) is 0.989. The molecular formula is C12H24N2O. The molecule has 2 rings (SSSR count). The first-order chi connectivity index (χ1) is 7.18. The third-order valence-corrected chi connectivity index (χ3v) is 3.51. The molecule has 2 aliphatic rings. The van der Waals surface area contributed by atoms with Crippen LogP contribution < -0.4 is 5.32 Å². The Kier molecular flexibility index (Phi) is 3.65. The predicted molar refractivity (Wildman–Crippen MR) is 62.1 cm³/mol. The fourth-order valence-corrected chi connectivity index (χ4v) is 2.15. The van der Waals surface area contributed by atoms with Gasteiger partial charge in [-0.15, -0.1) is 0 Å². The Labute approximate surface area is 93.2 Å². The standard InChI is InChI=1S/C12H24N2O/c1-12(2)10-15-8-7-14(12)6-5-13-9-11-3-4-11/h11,13H,3-10H2,1-2H3. The summed E-state index contributed by atoms with van der Waals surface area (Å²) in [7, 11) is 0. The van der Waals surface area contributed by atoms with Gasteiger partial charge in [0.25, 0.3) is 0 Å². The van der Waals surface area contributed by atoms with Crippen molar-refractivity contribution in [2.24, 2.45) is 5.92 Å². The normalized spacial score (nSPS) is 26.8. The zero-order chi connectivity index (χ0) is 10.7. The Morgan fingerprint density at radius 1 is 1.40 bits per heavy atom. The molecule has 15 heavy (non-hydrogen) atoms. The maximum absolute atomic E-state index is 5.51. The molecule has 1 N–H and O–H groups in total. The molecule has 88 valence electrons. The Bertz CT molecular complexity index is 202. The summed E-state index contributed by atoms with van der Waals surface area (Å²) in [6.45, 7) is 10.9. The van der Waals surface area contributed by atoms with Crippen molar-refractivity contribution in [3.8, 4) is 0 Å². The van der Waals surface area contributed by atoms with Crippen molar-refractivity contribution in [1.82, 2.24) is 10.2 Å². The zero-order valence-corrected chi connectivity index (χ0v) is 10.1. The second-order valence-electron chi connectivity index (χ2n) is 5.50. The maximum atomic E-state index is 5.51. The van der Waals surface area contributed by atoms with Crippen LogP contribution in [0, 0.1) is 5.92 Å². The number of morpholine rings is 1. The van der Waals surface area contributed by atoms with Crippen LogP contribution in [0.15, 0.2) is 0 Å². The first-order valence-electron chi connectivity index (χ1n) is 6.22. The van der Waals surface area contributed by atoms with E-state index in [9.17, 15) is 0 Å². The Morgan fingerprint density at radius 3 is 2.87 bits per heavy atom. The lowest BCUT2D eigenvalue weighted by Gasteiger charge is -2.42. The zero-order valence-electron chi connectivity index (χ0n) is 10.1. The fraction of sp³-hybridized carbons (Fsp3) is 1.00. The van der Waals surface area contributed by atoms with Gasteiger partial charge in [-0.3, -0.25) is 4.90 Å². The molecule has 1 aliphatic heterocycles. The van der Waals surface area contributed by atoms with Crippen LogP contribution in [-0.4, -0.2) is 49.8 Å². The second kappa shape index (κ2) is 4.81. The van der Waals surface area contributed by atoms with Crippen molar-refractivity contribution in [2.75, 3.05) is 39.4 Å². The van der Waals surface area contributed by atoms with E-state index in [-0.39, 0.29) is 5.54 Å². The molecule has 1 saturated carbocycles. The van der Waals surface area contributed by atoms with E-state index in [2.05, 4.69) is 24.1 Å². The number of rotatable bonds is 5. The van der Waals surface area contributed by atoms with E-state index in [4.69, 9.17) is 4.74 Å². The van der Waals surface area contributed by atoms with Crippen LogP contribution in [0.4, 0.5) is 0 Å². The van der Waals surface area contributed by atoms with Crippen molar-refractivity contribution in [3.63, 3.8) is 0 Å². The third kappa shape index (κ3) is 3.44. The molecule has 2 fully saturated rings. The highest BCUT2D eigenvalue weighted by molar-refractivity contribution is 4.85. The molecule has 0 unspecified atom stereocenters. The summed E-state index contributed by atoms with van der Waals surface area (Å²) in [5.41, 5.74) is 0.222. The van der Waals surface area contributed by atoms with Crippen molar-refractivity contribution in [2.45, 2.75) is 32.2 Å². The van der Waals surface area contributed by atoms with Gasteiger partial charge in [-0.25, -0.2) is 0 Å². The van der Waals surface area contributed by atoms with Gasteiger partial charge in [0, 0.05) is 25.2 Å². The van der Waals surface area contributed by atoms with E-state index in [0.29, 0.717) is 0 Å². The minimum atomic E-state index is 0.222. The fourth-order valence-electron chi connectivity index (χ4n) is 2.15. The SMILES string of the molecule is CC1(C)COCCN1CCNCC1CC1. The van der Waals surface area contributed by atoms with Crippen LogP contribution >= 0.6 is 0 Å². The monoisotopic (exact) mass is 212 g/mol. The number of nitrogens with one attached hydrogen (secondary N) is 1. The van der Waals surface area contributed by atoms with Gasteiger partial charge in [-0.2, -0.15) is 0 Å². The number of hydrogen-bond acceptors (Lipinski definition) is 3. The van der Waals surface area contributed by atoms with E-state index >= 15 is 0 Å². The molecular weight excluding hydrogens is 188 g/mol.